The van der Waals surface area contributed by atoms with Crippen molar-refractivity contribution in [1.29, 1.82) is 0 Å². The fourth-order valence-corrected chi connectivity index (χ4v) is 3.26. The Labute approximate surface area is 163 Å². The standard InChI is InChI=1S/C22H23N3O3/c1-14-12-20(15(2)25(14)13-19-4-3-11-28-19)22(27)24-18-9-7-17(8-10-18)23-21(26)16-5-6-16/h3-4,7-12,16H,5-6,13H2,1-2H3,(H,23,26)(H,24,27). The van der Waals surface area contributed by atoms with Gasteiger partial charge in [0.15, 0.2) is 0 Å². The van der Waals surface area contributed by atoms with Gasteiger partial charge in [0.1, 0.15) is 5.76 Å². The average molecular weight is 377 g/mol. The van der Waals surface area contributed by atoms with Crippen LogP contribution >= 0.6 is 0 Å². The minimum absolute atomic E-state index is 0.0702. The molecule has 1 aliphatic rings. The number of nitrogens with zero attached hydrogens (tertiary/aromatic N) is 1. The number of furan rings is 1. The van der Waals surface area contributed by atoms with Gasteiger partial charge in [0.25, 0.3) is 5.91 Å². The molecule has 144 valence electrons. The lowest BCUT2D eigenvalue weighted by Crippen LogP contribution is -2.14. The zero-order valence-corrected chi connectivity index (χ0v) is 16.0. The maximum atomic E-state index is 12.7. The van der Waals surface area contributed by atoms with Crippen molar-refractivity contribution in [3.63, 3.8) is 0 Å². The minimum atomic E-state index is -0.159. The molecule has 3 aromatic rings. The normalized spacial score (nSPS) is 13.4. The number of aryl methyl sites for hydroxylation is 1. The highest BCUT2D eigenvalue weighted by Gasteiger charge is 2.29. The molecule has 2 N–H and O–H groups in total. The molecule has 6 heteroatoms. The van der Waals surface area contributed by atoms with Crippen LogP contribution in [0.2, 0.25) is 0 Å². The average Bonchev–Trinajstić information content (AvgIpc) is 3.34. The molecule has 2 aromatic heterocycles. The third-order valence-electron chi connectivity index (χ3n) is 5.07. The number of rotatable bonds is 6. The molecule has 0 atom stereocenters. The molecule has 2 heterocycles. The van der Waals surface area contributed by atoms with E-state index in [1.807, 2.05) is 32.0 Å². The molecule has 0 unspecified atom stereocenters. The number of hydrogen-bond donors (Lipinski definition) is 2. The van der Waals surface area contributed by atoms with Crippen LogP contribution in [-0.4, -0.2) is 16.4 Å². The van der Waals surface area contributed by atoms with Crippen molar-refractivity contribution >= 4 is 23.2 Å². The Hall–Kier alpha value is -3.28. The molecule has 4 rings (SSSR count). The largest absolute Gasteiger partial charge is 0.467 e. The van der Waals surface area contributed by atoms with Crippen LogP contribution in [0.5, 0.6) is 0 Å². The molecule has 0 aliphatic heterocycles. The van der Waals surface area contributed by atoms with Crippen LogP contribution in [0.3, 0.4) is 0 Å². The van der Waals surface area contributed by atoms with E-state index in [-0.39, 0.29) is 17.7 Å². The highest BCUT2D eigenvalue weighted by molar-refractivity contribution is 6.05. The van der Waals surface area contributed by atoms with E-state index in [4.69, 9.17) is 4.42 Å². The van der Waals surface area contributed by atoms with E-state index in [1.54, 1.807) is 30.5 Å². The first-order valence-corrected chi connectivity index (χ1v) is 9.42. The Bertz CT molecular complexity index is 997. The Kier molecular flexibility index (Phi) is 4.77. The number of hydrogen-bond acceptors (Lipinski definition) is 3. The summed E-state index contributed by atoms with van der Waals surface area (Å²) in [5.41, 5.74) is 3.95. The second-order valence-corrected chi connectivity index (χ2v) is 7.25. The van der Waals surface area contributed by atoms with Crippen molar-refractivity contribution < 1.29 is 14.0 Å². The summed E-state index contributed by atoms with van der Waals surface area (Å²) in [5, 5.41) is 5.82. The maximum absolute atomic E-state index is 12.7. The third kappa shape index (κ3) is 3.86. The molecule has 0 bridgehead atoms. The molecule has 1 aromatic carbocycles. The third-order valence-corrected chi connectivity index (χ3v) is 5.07. The summed E-state index contributed by atoms with van der Waals surface area (Å²) in [7, 11) is 0. The first kappa shape index (κ1) is 18.1. The van der Waals surface area contributed by atoms with Crippen LogP contribution in [0, 0.1) is 19.8 Å². The highest BCUT2D eigenvalue weighted by Crippen LogP contribution is 2.30. The maximum Gasteiger partial charge on any atom is 0.257 e. The van der Waals surface area contributed by atoms with E-state index >= 15 is 0 Å². The van der Waals surface area contributed by atoms with Crippen LogP contribution in [0.1, 0.15) is 40.3 Å². The van der Waals surface area contributed by atoms with E-state index < -0.39 is 0 Å². The van der Waals surface area contributed by atoms with Gasteiger partial charge in [-0.1, -0.05) is 0 Å². The van der Waals surface area contributed by atoms with Gasteiger partial charge in [-0.2, -0.15) is 0 Å². The van der Waals surface area contributed by atoms with Gasteiger partial charge in [-0.15, -0.1) is 0 Å². The van der Waals surface area contributed by atoms with E-state index in [2.05, 4.69) is 15.2 Å². The van der Waals surface area contributed by atoms with Gasteiger partial charge >= 0.3 is 0 Å². The summed E-state index contributed by atoms with van der Waals surface area (Å²) in [4.78, 5) is 24.6. The lowest BCUT2D eigenvalue weighted by Gasteiger charge is -2.09. The molecule has 1 fully saturated rings. The van der Waals surface area contributed by atoms with Crippen LogP contribution in [0.15, 0.2) is 53.1 Å². The smallest absolute Gasteiger partial charge is 0.257 e. The molecule has 28 heavy (non-hydrogen) atoms. The molecule has 0 radical (unpaired) electrons. The summed E-state index contributed by atoms with van der Waals surface area (Å²) in [6.45, 7) is 4.50. The van der Waals surface area contributed by atoms with E-state index in [9.17, 15) is 9.59 Å². The SMILES string of the molecule is Cc1cc(C(=O)Nc2ccc(NC(=O)C3CC3)cc2)c(C)n1Cc1ccco1. The van der Waals surface area contributed by atoms with E-state index in [0.717, 1.165) is 35.7 Å². The summed E-state index contributed by atoms with van der Waals surface area (Å²) < 4.78 is 7.48. The minimum Gasteiger partial charge on any atom is -0.467 e. The van der Waals surface area contributed by atoms with Gasteiger partial charge < -0.3 is 19.6 Å². The molecule has 1 aliphatic carbocycles. The number of amides is 2. The second-order valence-electron chi connectivity index (χ2n) is 7.25. The fourth-order valence-electron chi connectivity index (χ4n) is 3.26. The molecular weight excluding hydrogens is 354 g/mol. The van der Waals surface area contributed by atoms with Crippen LogP contribution in [-0.2, 0) is 11.3 Å². The number of carbonyl (C=O) groups excluding carboxylic acids is 2. The Morgan fingerprint density at radius 3 is 2.36 bits per heavy atom. The predicted octanol–water partition coefficient (Wildman–Crippen LogP) is 4.35. The number of benzene rings is 1. The van der Waals surface area contributed by atoms with E-state index in [1.165, 1.54) is 0 Å². The summed E-state index contributed by atoms with van der Waals surface area (Å²) in [6.07, 6.45) is 3.59. The quantitative estimate of drug-likeness (QED) is 0.671. The van der Waals surface area contributed by atoms with Crippen molar-refractivity contribution in [2.45, 2.75) is 33.2 Å². The molecule has 6 nitrogen and oxygen atoms in total. The van der Waals surface area contributed by atoms with Gasteiger partial charge in [-0.25, -0.2) is 0 Å². The number of nitrogens with one attached hydrogen (secondary N) is 2. The monoisotopic (exact) mass is 377 g/mol. The Morgan fingerprint density at radius 1 is 1.07 bits per heavy atom. The molecule has 0 saturated heterocycles. The first-order valence-electron chi connectivity index (χ1n) is 9.42. The Morgan fingerprint density at radius 2 is 1.75 bits per heavy atom. The number of anilines is 2. The highest BCUT2D eigenvalue weighted by atomic mass is 16.3. The van der Waals surface area contributed by atoms with Crippen molar-refractivity contribution in [2.24, 2.45) is 5.92 Å². The lowest BCUT2D eigenvalue weighted by molar-refractivity contribution is -0.117. The molecule has 0 spiro atoms. The van der Waals surface area contributed by atoms with Crippen molar-refractivity contribution in [1.82, 2.24) is 4.57 Å². The predicted molar refractivity (Wildman–Crippen MR) is 107 cm³/mol. The fraction of sp³-hybridized carbons (Fsp3) is 0.273. The summed E-state index contributed by atoms with van der Waals surface area (Å²) in [6, 6.07) is 12.9. The molecule has 2 amide bonds. The van der Waals surface area contributed by atoms with Gasteiger partial charge in [-0.3, -0.25) is 9.59 Å². The van der Waals surface area contributed by atoms with Crippen LogP contribution in [0.4, 0.5) is 11.4 Å². The Balaban J connectivity index is 1.44. The summed E-state index contributed by atoms with van der Waals surface area (Å²) >= 11 is 0. The molecular formula is C22H23N3O3. The summed E-state index contributed by atoms with van der Waals surface area (Å²) in [5.74, 6) is 0.919. The van der Waals surface area contributed by atoms with Crippen LogP contribution < -0.4 is 10.6 Å². The lowest BCUT2D eigenvalue weighted by atomic mass is 10.2. The van der Waals surface area contributed by atoms with Gasteiger partial charge in [0.2, 0.25) is 5.91 Å². The van der Waals surface area contributed by atoms with Gasteiger partial charge in [0, 0.05) is 28.7 Å². The van der Waals surface area contributed by atoms with Crippen molar-refractivity contribution in [3.8, 4) is 0 Å². The zero-order chi connectivity index (χ0) is 19.7. The molecule has 1 saturated carbocycles. The van der Waals surface area contributed by atoms with Gasteiger partial charge in [0.05, 0.1) is 18.4 Å². The van der Waals surface area contributed by atoms with Crippen molar-refractivity contribution in [3.05, 3.63) is 71.4 Å². The van der Waals surface area contributed by atoms with Crippen molar-refractivity contribution in [2.75, 3.05) is 10.6 Å². The van der Waals surface area contributed by atoms with Gasteiger partial charge in [-0.05, 0) is 69.2 Å². The number of carbonyl (C=O) groups is 2. The number of aromatic nitrogens is 1. The first-order chi connectivity index (χ1) is 13.5. The van der Waals surface area contributed by atoms with Crippen LogP contribution in [0.25, 0.3) is 0 Å². The van der Waals surface area contributed by atoms with E-state index in [0.29, 0.717) is 17.8 Å². The zero-order valence-electron chi connectivity index (χ0n) is 16.0. The second kappa shape index (κ2) is 7.38. The topological polar surface area (TPSA) is 76.3 Å².